The summed E-state index contributed by atoms with van der Waals surface area (Å²) in [6.45, 7) is 3.47. The zero-order chi connectivity index (χ0) is 22.9. The molecule has 0 unspecified atom stereocenters. The standard InChI is InChI=1S/C25H23N3O4/c1-17-6-12-22(13-7-17)27-23(29)16-32-25(31)20-10-8-19(9-11-20)15-26-28-24(30)21-5-3-4-18(2)14-21/h3-15H,16H2,1-2H3,(H,27,29)(H,28,30)/b26-15+. The maximum atomic E-state index is 12.2. The summed E-state index contributed by atoms with van der Waals surface area (Å²) in [7, 11) is 0. The predicted molar refractivity (Wildman–Crippen MR) is 123 cm³/mol. The molecule has 32 heavy (non-hydrogen) atoms. The lowest BCUT2D eigenvalue weighted by atomic mass is 10.1. The average Bonchev–Trinajstić information content (AvgIpc) is 2.79. The molecule has 0 fully saturated rings. The Morgan fingerprint density at radius 1 is 0.875 bits per heavy atom. The second-order valence-corrected chi connectivity index (χ2v) is 7.18. The minimum Gasteiger partial charge on any atom is -0.452 e. The number of esters is 1. The zero-order valence-electron chi connectivity index (χ0n) is 17.8. The van der Waals surface area contributed by atoms with Gasteiger partial charge in [0, 0.05) is 11.3 Å². The van der Waals surface area contributed by atoms with E-state index in [1.54, 1.807) is 54.6 Å². The van der Waals surface area contributed by atoms with E-state index in [-0.39, 0.29) is 12.5 Å². The number of nitrogens with one attached hydrogen (secondary N) is 2. The molecule has 0 spiro atoms. The molecule has 0 saturated heterocycles. The van der Waals surface area contributed by atoms with Crippen molar-refractivity contribution in [2.45, 2.75) is 13.8 Å². The first-order valence-corrected chi connectivity index (χ1v) is 9.94. The molecule has 162 valence electrons. The Hall–Kier alpha value is -4.26. The lowest BCUT2D eigenvalue weighted by molar-refractivity contribution is -0.119. The van der Waals surface area contributed by atoms with Crippen LogP contribution in [0, 0.1) is 13.8 Å². The van der Waals surface area contributed by atoms with Gasteiger partial charge in [0.2, 0.25) is 0 Å². The summed E-state index contributed by atoms with van der Waals surface area (Å²) in [4.78, 5) is 36.2. The molecule has 3 aromatic rings. The van der Waals surface area contributed by atoms with Crippen molar-refractivity contribution in [3.63, 3.8) is 0 Å². The second-order valence-electron chi connectivity index (χ2n) is 7.18. The summed E-state index contributed by atoms with van der Waals surface area (Å²) in [6, 6.07) is 20.9. The van der Waals surface area contributed by atoms with Gasteiger partial charge in [-0.3, -0.25) is 9.59 Å². The Labute approximate surface area is 186 Å². The van der Waals surface area contributed by atoms with E-state index in [0.717, 1.165) is 11.1 Å². The number of carbonyl (C=O) groups is 3. The van der Waals surface area contributed by atoms with Crippen LogP contribution in [0.15, 0.2) is 77.9 Å². The van der Waals surface area contributed by atoms with Gasteiger partial charge in [0.05, 0.1) is 11.8 Å². The van der Waals surface area contributed by atoms with E-state index in [4.69, 9.17) is 4.74 Å². The number of hydrogen-bond acceptors (Lipinski definition) is 5. The number of ether oxygens (including phenoxy) is 1. The minimum absolute atomic E-state index is 0.300. The van der Waals surface area contributed by atoms with Crippen LogP contribution in [0.25, 0.3) is 0 Å². The van der Waals surface area contributed by atoms with Crippen LogP contribution in [-0.4, -0.2) is 30.6 Å². The monoisotopic (exact) mass is 429 g/mol. The molecule has 0 aromatic heterocycles. The van der Waals surface area contributed by atoms with Crippen molar-refractivity contribution in [1.29, 1.82) is 0 Å². The number of hydrazone groups is 1. The second kappa shape index (κ2) is 10.7. The van der Waals surface area contributed by atoms with Gasteiger partial charge in [0.25, 0.3) is 11.8 Å². The summed E-state index contributed by atoms with van der Waals surface area (Å²) in [5.74, 6) is -1.34. The van der Waals surface area contributed by atoms with E-state index in [9.17, 15) is 14.4 Å². The molecule has 0 radical (unpaired) electrons. The van der Waals surface area contributed by atoms with Crippen LogP contribution >= 0.6 is 0 Å². The fourth-order valence-electron chi connectivity index (χ4n) is 2.77. The number of hydrogen-bond donors (Lipinski definition) is 2. The highest BCUT2D eigenvalue weighted by atomic mass is 16.5. The maximum absolute atomic E-state index is 12.2. The molecule has 2 N–H and O–H groups in total. The van der Waals surface area contributed by atoms with Gasteiger partial charge in [0.1, 0.15) is 0 Å². The van der Waals surface area contributed by atoms with Gasteiger partial charge >= 0.3 is 5.97 Å². The van der Waals surface area contributed by atoms with Crippen molar-refractivity contribution in [3.8, 4) is 0 Å². The first-order chi connectivity index (χ1) is 15.4. The highest BCUT2D eigenvalue weighted by molar-refractivity contribution is 5.96. The third kappa shape index (κ3) is 6.63. The van der Waals surface area contributed by atoms with Crippen LogP contribution in [0.5, 0.6) is 0 Å². The third-order valence-electron chi connectivity index (χ3n) is 4.48. The van der Waals surface area contributed by atoms with Gasteiger partial charge < -0.3 is 10.1 Å². The van der Waals surface area contributed by atoms with Crippen LogP contribution in [0.3, 0.4) is 0 Å². The Balaban J connectivity index is 1.47. The molecule has 0 aliphatic heterocycles. The topological polar surface area (TPSA) is 96.9 Å². The molecular weight excluding hydrogens is 406 g/mol. The number of anilines is 1. The van der Waals surface area contributed by atoms with Crippen LogP contribution in [0.1, 0.15) is 37.4 Å². The Morgan fingerprint density at radius 2 is 1.59 bits per heavy atom. The lowest BCUT2D eigenvalue weighted by Crippen LogP contribution is -2.20. The predicted octanol–water partition coefficient (Wildman–Crippen LogP) is 3.86. The third-order valence-corrected chi connectivity index (χ3v) is 4.48. The van der Waals surface area contributed by atoms with Gasteiger partial charge in [-0.1, -0.05) is 47.5 Å². The van der Waals surface area contributed by atoms with E-state index in [1.165, 1.54) is 6.21 Å². The molecular formula is C25H23N3O4. The highest BCUT2D eigenvalue weighted by Gasteiger charge is 2.10. The molecule has 3 rings (SSSR count). The fourth-order valence-corrected chi connectivity index (χ4v) is 2.77. The molecule has 0 atom stereocenters. The van der Waals surface area contributed by atoms with E-state index < -0.39 is 11.9 Å². The van der Waals surface area contributed by atoms with Crippen LogP contribution in [-0.2, 0) is 9.53 Å². The summed E-state index contributed by atoms with van der Waals surface area (Å²) in [6.07, 6.45) is 1.47. The normalized spacial score (nSPS) is 10.6. The smallest absolute Gasteiger partial charge is 0.338 e. The van der Waals surface area contributed by atoms with Crippen molar-refractivity contribution in [2.75, 3.05) is 11.9 Å². The quantitative estimate of drug-likeness (QED) is 0.339. The average molecular weight is 429 g/mol. The van der Waals surface area contributed by atoms with Crippen LogP contribution in [0.4, 0.5) is 5.69 Å². The maximum Gasteiger partial charge on any atom is 0.338 e. The molecule has 7 heteroatoms. The fraction of sp³-hybridized carbons (Fsp3) is 0.120. The largest absolute Gasteiger partial charge is 0.452 e. The van der Waals surface area contributed by atoms with E-state index in [1.807, 2.05) is 32.0 Å². The summed E-state index contributed by atoms with van der Waals surface area (Å²) < 4.78 is 5.06. The van der Waals surface area contributed by atoms with E-state index in [2.05, 4.69) is 15.8 Å². The minimum atomic E-state index is -0.611. The Bertz CT molecular complexity index is 1140. The number of amides is 2. The SMILES string of the molecule is Cc1ccc(NC(=O)COC(=O)c2ccc(/C=N/NC(=O)c3cccc(C)c3)cc2)cc1. The van der Waals surface area contributed by atoms with Crippen molar-refractivity contribution < 1.29 is 19.1 Å². The molecule has 3 aromatic carbocycles. The molecule has 0 aliphatic rings. The van der Waals surface area contributed by atoms with Gasteiger partial charge in [0.15, 0.2) is 6.61 Å². The van der Waals surface area contributed by atoms with Crippen LogP contribution in [0.2, 0.25) is 0 Å². The molecule has 0 aliphatic carbocycles. The Morgan fingerprint density at radius 3 is 2.28 bits per heavy atom. The number of aryl methyl sites for hydroxylation is 2. The summed E-state index contributed by atoms with van der Waals surface area (Å²) in [5, 5.41) is 6.60. The first kappa shape index (κ1) is 22.4. The molecule has 2 amide bonds. The van der Waals surface area contributed by atoms with Crippen molar-refractivity contribution in [2.24, 2.45) is 5.10 Å². The van der Waals surface area contributed by atoms with Gasteiger partial charge in [-0.25, -0.2) is 10.2 Å². The molecule has 0 saturated carbocycles. The number of rotatable bonds is 7. The molecule has 0 heterocycles. The number of nitrogens with zero attached hydrogens (tertiary/aromatic N) is 1. The van der Waals surface area contributed by atoms with Gasteiger partial charge in [-0.2, -0.15) is 5.10 Å². The first-order valence-electron chi connectivity index (χ1n) is 9.94. The van der Waals surface area contributed by atoms with Crippen LogP contribution < -0.4 is 10.7 Å². The lowest BCUT2D eigenvalue weighted by Gasteiger charge is -2.07. The van der Waals surface area contributed by atoms with Gasteiger partial charge in [-0.05, 0) is 55.8 Å². The number of benzene rings is 3. The van der Waals surface area contributed by atoms with Gasteiger partial charge in [-0.15, -0.1) is 0 Å². The van der Waals surface area contributed by atoms with Crippen molar-refractivity contribution in [3.05, 3.63) is 101 Å². The van der Waals surface area contributed by atoms with E-state index in [0.29, 0.717) is 22.4 Å². The highest BCUT2D eigenvalue weighted by Crippen LogP contribution is 2.09. The van der Waals surface area contributed by atoms with E-state index >= 15 is 0 Å². The molecule has 7 nitrogen and oxygen atoms in total. The Kier molecular flexibility index (Phi) is 7.48. The summed E-state index contributed by atoms with van der Waals surface area (Å²) >= 11 is 0. The van der Waals surface area contributed by atoms with Crippen molar-refractivity contribution in [1.82, 2.24) is 5.43 Å². The molecule has 0 bridgehead atoms. The summed E-state index contributed by atoms with van der Waals surface area (Å²) in [5.41, 5.74) is 6.66. The zero-order valence-corrected chi connectivity index (χ0v) is 17.8. The van der Waals surface area contributed by atoms with Crippen molar-refractivity contribution >= 4 is 29.7 Å². The number of carbonyl (C=O) groups excluding carboxylic acids is 3.